The van der Waals surface area contributed by atoms with Gasteiger partial charge in [-0.05, 0) is 50.9 Å². The summed E-state index contributed by atoms with van der Waals surface area (Å²) in [5.41, 5.74) is 1.04. The Morgan fingerprint density at radius 3 is 3.00 bits per heavy atom. The van der Waals surface area contributed by atoms with Crippen LogP contribution in [0.1, 0.15) is 38.3 Å². The highest BCUT2D eigenvalue weighted by Crippen LogP contribution is 2.49. The highest BCUT2D eigenvalue weighted by Gasteiger charge is 2.42. The average molecular weight is 310 g/mol. The van der Waals surface area contributed by atoms with E-state index in [9.17, 15) is 4.79 Å². The van der Waals surface area contributed by atoms with Crippen molar-refractivity contribution in [2.24, 2.45) is 17.8 Å². The molecule has 110 valence electrons. The van der Waals surface area contributed by atoms with E-state index < -0.39 is 0 Å². The fraction of sp³-hybridized carbons (Fsp3) is 0.733. The second-order valence-corrected chi connectivity index (χ2v) is 8.32. The molecule has 4 atom stereocenters. The first-order valence-corrected chi connectivity index (χ1v) is 9.32. The summed E-state index contributed by atoms with van der Waals surface area (Å²) >= 11 is 3.16. The van der Waals surface area contributed by atoms with Gasteiger partial charge in [0.1, 0.15) is 0 Å². The number of carbonyl (C=O) groups is 1. The summed E-state index contributed by atoms with van der Waals surface area (Å²) in [6.45, 7) is 4.17. The lowest BCUT2D eigenvalue weighted by Crippen LogP contribution is -2.40. The zero-order valence-corrected chi connectivity index (χ0v) is 13.7. The maximum Gasteiger partial charge on any atom is 0.230 e. The molecule has 0 saturated heterocycles. The van der Waals surface area contributed by atoms with Crippen molar-refractivity contribution in [2.75, 3.05) is 5.75 Å². The van der Waals surface area contributed by atoms with Crippen molar-refractivity contribution in [3.63, 3.8) is 0 Å². The third-order valence-corrected chi connectivity index (χ3v) is 6.89. The number of fused-ring (bicyclic) bond motifs is 2. The van der Waals surface area contributed by atoms with Crippen LogP contribution >= 0.6 is 23.1 Å². The van der Waals surface area contributed by atoms with E-state index >= 15 is 0 Å². The first-order valence-electron chi connectivity index (χ1n) is 7.46. The van der Waals surface area contributed by atoms with Gasteiger partial charge in [0, 0.05) is 17.1 Å². The zero-order chi connectivity index (χ0) is 14.1. The van der Waals surface area contributed by atoms with Crippen LogP contribution in [0.4, 0.5) is 0 Å². The average Bonchev–Trinajstić information content (AvgIpc) is 3.12. The van der Waals surface area contributed by atoms with Gasteiger partial charge in [0.2, 0.25) is 5.91 Å². The quantitative estimate of drug-likeness (QED) is 0.847. The van der Waals surface area contributed by atoms with Gasteiger partial charge in [0.25, 0.3) is 0 Å². The molecule has 2 fully saturated rings. The molecule has 1 amide bonds. The van der Waals surface area contributed by atoms with E-state index in [1.807, 2.05) is 12.3 Å². The molecule has 0 spiro atoms. The van der Waals surface area contributed by atoms with Crippen molar-refractivity contribution in [1.82, 2.24) is 10.3 Å². The molecule has 2 aliphatic rings. The van der Waals surface area contributed by atoms with E-state index in [-0.39, 0.29) is 5.91 Å². The Labute approximate surface area is 128 Å². The van der Waals surface area contributed by atoms with Crippen LogP contribution in [-0.4, -0.2) is 22.7 Å². The van der Waals surface area contributed by atoms with Crippen LogP contribution in [0.3, 0.4) is 0 Å². The van der Waals surface area contributed by atoms with Crippen LogP contribution in [0.25, 0.3) is 0 Å². The Balaban J connectivity index is 1.44. The lowest BCUT2D eigenvalue weighted by molar-refractivity contribution is -0.119. The third-order valence-electron chi connectivity index (χ3n) is 4.75. The smallest absolute Gasteiger partial charge is 0.230 e. The molecule has 1 aromatic rings. The van der Waals surface area contributed by atoms with Crippen LogP contribution in [-0.2, 0) is 4.79 Å². The molecule has 0 aromatic carbocycles. The molecule has 3 nitrogen and oxygen atoms in total. The van der Waals surface area contributed by atoms with Crippen molar-refractivity contribution in [3.05, 3.63) is 11.1 Å². The number of hydrogen-bond donors (Lipinski definition) is 1. The maximum atomic E-state index is 12.0. The Kier molecular flexibility index (Phi) is 4.36. The van der Waals surface area contributed by atoms with Crippen molar-refractivity contribution in [2.45, 2.75) is 49.9 Å². The number of thioether (sulfide) groups is 1. The van der Waals surface area contributed by atoms with Gasteiger partial charge >= 0.3 is 0 Å². The molecule has 2 aliphatic carbocycles. The number of aromatic nitrogens is 1. The van der Waals surface area contributed by atoms with E-state index in [0.29, 0.717) is 17.7 Å². The van der Waals surface area contributed by atoms with Gasteiger partial charge in [-0.25, -0.2) is 4.98 Å². The Morgan fingerprint density at radius 1 is 1.55 bits per heavy atom. The molecule has 1 aromatic heterocycles. The molecule has 1 heterocycles. The molecule has 2 bridgehead atoms. The number of nitrogens with zero attached hydrogens (tertiary/aromatic N) is 1. The monoisotopic (exact) mass is 310 g/mol. The number of thiazole rings is 1. The summed E-state index contributed by atoms with van der Waals surface area (Å²) in [6, 6.07) is 0.330. The summed E-state index contributed by atoms with van der Waals surface area (Å²) in [5, 5.41) is 5.23. The zero-order valence-electron chi connectivity index (χ0n) is 12.1. The number of rotatable bonds is 5. The number of amides is 1. The molecule has 0 unspecified atom stereocenters. The number of hydrogen-bond acceptors (Lipinski definition) is 4. The first kappa shape index (κ1) is 14.4. The minimum atomic E-state index is 0.151. The fourth-order valence-electron chi connectivity index (χ4n) is 3.83. The van der Waals surface area contributed by atoms with E-state index in [4.69, 9.17) is 0 Å². The second kappa shape index (κ2) is 6.06. The lowest BCUT2D eigenvalue weighted by atomic mass is 9.84. The SMILES string of the molecule is Cc1csc(SCC(=O)N[C@H](C)[C@@H]2C[C@H]3CC[C@H]2C3)n1. The fourth-order valence-corrected chi connectivity index (χ4v) is 5.50. The van der Waals surface area contributed by atoms with Crippen LogP contribution in [0.2, 0.25) is 0 Å². The minimum Gasteiger partial charge on any atom is -0.353 e. The van der Waals surface area contributed by atoms with E-state index in [1.165, 1.54) is 25.7 Å². The molecule has 2 saturated carbocycles. The predicted molar refractivity (Wildman–Crippen MR) is 84.1 cm³/mol. The second-order valence-electron chi connectivity index (χ2n) is 6.24. The van der Waals surface area contributed by atoms with Gasteiger partial charge in [-0.1, -0.05) is 18.2 Å². The Hall–Kier alpha value is -0.550. The van der Waals surface area contributed by atoms with Crippen molar-refractivity contribution in [3.8, 4) is 0 Å². The first-order chi connectivity index (χ1) is 9.61. The highest BCUT2D eigenvalue weighted by atomic mass is 32.2. The van der Waals surface area contributed by atoms with E-state index in [0.717, 1.165) is 21.9 Å². The number of nitrogens with one attached hydrogen (secondary N) is 1. The van der Waals surface area contributed by atoms with Crippen molar-refractivity contribution >= 4 is 29.0 Å². The van der Waals surface area contributed by atoms with E-state index in [1.54, 1.807) is 23.1 Å². The van der Waals surface area contributed by atoms with E-state index in [2.05, 4.69) is 17.2 Å². The van der Waals surface area contributed by atoms with Crippen LogP contribution in [0.15, 0.2) is 9.72 Å². The standard InChI is InChI=1S/C15H22N2OS2/c1-9-7-19-15(16-9)20-8-14(18)17-10(2)13-6-11-3-4-12(13)5-11/h7,10-13H,3-6,8H2,1-2H3,(H,17,18)/t10-,11+,12+,13+/m1/s1. The minimum absolute atomic E-state index is 0.151. The van der Waals surface area contributed by atoms with Crippen LogP contribution in [0.5, 0.6) is 0 Å². The topological polar surface area (TPSA) is 42.0 Å². The molecule has 0 aliphatic heterocycles. The van der Waals surface area contributed by atoms with Gasteiger partial charge < -0.3 is 5.32 Å². The number of carbonyl (C=O) groups excluding carboxylic acids is 1. The van der Waals surface area contributed by atoms with Crippen LogP contribution < -0.4 is 5.32 Å². The summed E-state index contributed by atoms with van der Waals surface area (Å²) in [4.78, 5) is 16.4. The van der Waals surface area contributed by atoms with Gasteiger partial charge in [0.05, 0.1) is 5.75 Å². The largest absolute Gasteiger partial charge is 0.353 e. The maximum absolute atomic E-state index is 12.0. The normalized spacial score (nSPS) is 29.6. The molecule has 5 heteroatoms. The third kappa shape index (κ3) is 3.19. The Bertz CT molecular complexity index is 488. The van der Waals surface area contributed by atoms with Gasteiger partial charge in [0.15, 0.2) is 4.34 Å². The summed E-state index contributed by atoms with van der Waals surface area (Å²) in [6.07, 6.45) is 5.52. The van der Waals surface area contributed by atoms with Gasteiger partial charge in [-0.15, -0.1) is 11.3 Å². The van der Waals surface area contributed by atoms with Crippen LogP contribution in [0, 0.1) is 24.7 Å². The lowest BCUT2D eigenvalue weighted by Gasteiger charge is -2.28. The molecule has 0 radical (unpaired) electrons. The molecular weight excluding hydrogens is 288 g/mol. The van der Waals surface area contributed by atoms with Crippen molar-refractivity contribution in [1.29, 1.82) is 0 Å². The summed E-state index contributed by atoms with van der Waals surface area (Å²) in [5.74, 6) is 3.16. The summed E-state index contributed by atoms with van der Waals surface area (Å²) < 4.78 is 0.991. The summed E-state index contributed by atoms with van der Waals surface area (Å²) in [7, 11) is 0. The van der Waals surface area contributed by atoms with Gasteiger partial charge in [-0.3, -0.25) is 4.79 Å². The molecule has 1 N–H and O–H groups in total. The Morgan fingerprint density at radius 2 is 2.40 bits per heavy atom. The van der Waals surface area contributed by atoms with Gasteiger partial charge in [-0.2, -0.15) is 0 Å². The highest BCUT2D eigenvalue weighted by molar-refractivity contribution is 8.01. The number of aryl methyl sites for hydroxylation is 1. The molecule has 20 heavy (non-hydrogen) atoms. The molecular formula is C15H22N2OS2. The van der Waals surface area contributed by atoms with Crippen molar-refractivity contribution < 1.29 is 4.79 Å². The molecule has 3 rings (SSSR count). The predicted octanol–water partition coefficient (Wildman–Crippen LogP) is 3.48.